The van der Waals surface area contributed by atoms with Gasteiger partial charge < -0.3 is 14.2 Å². The normalized spacial score (nSPS) is 4.84. The van der Waals surface area contributed by atoms with E-state index in [9.17, 15) is 14.4 Å². The van der Waals surface area contributed by atoms with Gasteiger partial charge in [0.2, 0.25) is 0 Å². The van der Waals surface area contributed by atoms with Gasteiger partial charge in [-0.05, 0) is 142 Å². The molecule has 0 aliphatic rings. The summed E-state index contributed by atoms with van der Waals surface area (Å²) in [7, 11) is 0. The highest BCUT2D eigenvalue weighted by Gasteiger charge is 2.18. The fourth-order valence-electron chi connectivity index (χ4n) is 3.56. The van der Waals surface area contributed by atoms with Crippen molar-refractivity contribution in [2.45, 2.75) is 6.42 Å². The van der Waals surface area contributed by atoms with Crippen molar-refractivity contribution in [2.24, 2.45) is 0 Å². The Labute approximate surface area is 631 Å². The third-order valence-corrected chi connectivity index (χ3v) is 6.97. The molecule has 0 aromatic carbocycles. The number of hydrogen-bond acceptors (Lipinski definition) is 6. The third-order valence-electron chi connectivity index (χ3n) is 6.97. The van der Waals surface area contributed by atoms with Crippen LogP contribution in [-0.4, -0.2) is 17.9 Å². The summed E-state index contributed by atoms with van der Waals surface area (Å²) in [5.74, 6) is 214. The van der Waals surface area contributed by atoms with Crippen LogP contribution in [0.1, 0.15) is 6.42 Å². The number of carbonyl (C=O) groups excluding carboxylic acids is 3. The molecule has 0 saturated heterocycles. The maximum atomic E-state index is 12.9. The number of ether oxygens (including phenoxy) is 3. The highest BCUT2D eigenvalue weighted by atomic mass is 16.5. The second-order valence-corrected chi connectivity index (χ2v) is 13.7. The molecule has 0 heterocycles. The lowest BCUT2D eigenvalue weighted by atomic mass is 10.2. The van der Waals surface area contributed by atoms with E-state index in [1.54, 1.807) is 0 Å². The largest absolute Gasteiger partial charge is 0.371 e. The maximum absolute atomic E-state index is 12.9. The molecule has 0 radical (unpaired) electrons. The van der Waals surface area contributed by atoms with Gasteiger partial charge in [0, 0.05) is 397 Å². The molecule has 0 saturated carbocycles. The van der Waals surface area contributed by atoms with Gasteiger partial charge in [0.1, 0.15) is 18.3 Å². The van der Waals surface area contributed by atoms with E-state index in [4.69, 9.17) is 33.5 Å². The van der Waals surface area contributed by atoms with Gasteiger partial charge in [0.25, 0.3) is 0 Å². The van der Waals surface area contributed by atoms with Crippen molar-refractivity contribution in [2.75, 3.05) is 0 Å². The van der Waals surface area contributed by atoms with Gasteiger partial charge in [0.15, 0.2) is 0 Å². The Hall–Kier alpha value is -23.0. The molecule has 0 amide bonds. The first-order valence-electron chi connectivity index (χ1n) is 26.7. The Morgan fingerprint density at radius 3 is 0.463 bits per heavy atom. The van der Waals surface area contributed by atoms with Gasteiger partial charge in [-0.15, -0.1) is 19.3 Å². The summed E-state index contributed by atoms with van der Waals surface area (Å²) in [5, 5.41) is 0. The van der Waals surface area contributed by atoms with E-state index >= 15 is 0 Å². The zero-order valence-corrected chi connectivity index (χ0v) is 54.0. The van der Waals surface area contributed by atoms with E-state index in [2.05, 4.69) is 533 Å². The van der Waals surface area contributed by atoms with Gasteiger partial charge in [-0.3, -0.25) is 4.79 Å². The molecule has 0 rings (SSSR count). The van der Waals surface area contributed by atoms with Crippen LogP contribution in [0.25, 0.3) is 0 Å². The molecule has 0 unspecified atom stereocenters. The first-order valence-corrected chi connectivity index (χ1v) is 26.7. The van der Waals surface area contributed by atoms with Crippen LogP contribution in [0.4, 0.5) is 0 Å². The van der Waals surface area contributed by atoms with Gasteiger partial charge in [-0.2, -0.15) is 0 Å². The first-order chi connectivity index (χ1) is 53.5. The molecule has 108 heavy (non-hydrogen) atoms. The van der Waals surface area contributed by atoms with Crippen molar-refractivity contribution in [1.29, 1.82) is 0 Å². The monoisotopic (exact) mass is 1330 g/mol. The summed E-state index contributed by atoms with van der Waals surface area (Å²) >= 11 is 0. The Kier molecular flexibility index (Phi) is 60.2. The smallest absolute Gasteiger partial charge is 0.348 e. The molecule has 0 N–H and O–H groups in total. The summed E-state index contributed by atoms with van der Waals surface area (Å²) in [6.07, 6.45) is 20.6. The van der Waals surface area contributed by atoms with Crippen LogP contribution in [0.2, 0.25) is 0 Å². The number of esters is 3. The van der Waals surface area contributed by atoms with E-state index < -0.39 is 29.9 Å². The molecule has 0 aliphatic heterocycles. The summed E-state index contributed by atoms with van der Waals surface area (Å²) in [4.78, 5) is 38.1. The van der Waals surface area contributed by atoms with E-state index in [0.717, 1.165) is 0 Å². The average molecular weight is 1330 g/mol. The van der Waals surface area contributed by atoms with Crippen LogP contribution in [0, 0.1) is 570 Å². The molecule has 0 atom stereocenters. The predicted octanol–water partition coefficient (Wildman–Crippen LogP) is -0.142. The fourth-order valence-corrected chi connectivity index (χ4v) is 3.56. The Morgan fingerprint density at radius 1 is 0.176 bits per heavy atom. The summed E-state index contributed by atoms with van der Waals surface area (Å²) < 4.78 is 14.3. The topological polar surface area (TPSA) is 78.9 Å². The van der Waals surface area contributed by atoms with Crippen LogP contribution < -0.4 is 0 Å². The van der Waals surface area contributed by atoms with E-state index in [1.807, 2.05) is 18.3 Å². The van der Waals surface area contributed by atoms with Crippen LogP contribution in [0.15, 0.2) is 11.6 Å². The second kappa shape index (κ2) is 76.5. The number of carbonyl (C=O) groups is 3. The molecule has 450 valence electrons. The molecule has 0 spiro atoms. The van der Waals surface area contributed by atoms with Gasteiger partial charge in [-0.1, -0.05) is 0 Å². The Bertz CT molecular complexity index is 7340. The van der Waals surface area contributed by atoms with Crippen molar-refractivity contribution in [3.05, 3.63) is 11.6 Å². The lowest BCUT2D eigenvalue weighted by molar-refractivity contribution is -0.139. The molecule has 0 aromatic rings. The molecule has 6 nitrogen and oxygen atoms in total. The predicted molar refractivity (Wildman–Crippen MR) is 407 cm³/mol. The van der Waals surface area contributed by atoms with Crippen molar-refractivity contribution in [3.63, 3.8) is 0 Å². The first kappa shape index (κ1) is 85.0. The third kappa shape index (κ3) is 72.1. The lowest BCUT2D eigenvalue weighted by Gasteiger charge is -2.01. The van der Waals surface area contributed by atoms with Crippen LogP contribution in [0.3, 0.4) is 0 Å². The molecular weight excluding hydrogens is 1320 g/mol. The van der Waals surface area contributed by atoms with Crippen LogP contribution in [0.5, 0.6) is 0 Å². The lowest BCUT2D eigenvalue weighted by Crippen LogP contribution is -2.13. The summed E-state index contributed by atoms with van der Waals surface area (Å²) in [6, 6.07) is 0. The molecule has 0 aromatic heterocycles. The molecule has 6 heteroatoms. The van der Waals surface area contributed by atoms with Crippen LogP contribution in [-0.2, 0) is 28.6 Å². The number of rotatable bonds is 4. The van der Waals surface area contributed by atoms with Gasteiger partial charge in [0.05, 0.1) is 12.0 Å². The number of terminal acetylenes is 3. The van der Waals surface area contributed by atoms with Crippen molar-refractivity contribution < 1.29 is 28.6 Å². The van der Waals surface area contributed by atoms with Crippen molar-refractivity contribution in [3.8, 4) is 570 Å². The molecular formula is C102H6O6. The zero-order chi connectivity index (χ0) is 77.6. The fraction of sp³-hybridized carbons (Fsp3) is 0.00980. The van der Waals surface area contributed by atoms with Crippen LogP contribution >= 0.6 is 0 Å². The SMILES string of the molecule is C#CC#CC#CC#CC#CC#CC#CC#CC#CC#CC#CC#CC#CC#CC#CC#COC(=O)/C=C(\CC(=O)OC#CC#CC#CC#CC#CC#CC#CC#CC#CC#CC#CC#CC#CC#CC#CC#C)C(=O)OC#CC#CC#CC#CC#CC#CC#CC#CC#CC#CC#CC#CC#CC#CC#CC#C. The molecule has 0 fully saturated rings. The molecule has 0 bridgehead atoms. The van der Waals surface area contributed by atoms with E-state index in [1.165, 1.54) is 0 Å². The maximum Gasteiger partial charge on any atom is 0.348 e. The highest BCUT2D eigenvalue weighted by Crippen LogP contribution is 2.07. The quantitative estimate of drug-likeness (QED) is 0.169. The minimum absolute atomic E-state index is 0.586. The second-order valence-electron chi connectivity index (χ2n) is 13.7. The van der Waals surface area contributed by atoms with Crippen molar-refractivity contribution in [1.82, 2.24) is 0 Å². The van der Waals surface area contributed by atoms with Gasteiger partial charge >= 0.3 is 17.9 Å². The zero-order valence-electron chi connectivity index (χ0n) is 54.0. The standard InChI is InChI=1S/C102H6O6/c1-4-7-10-13-16-19-22-25-28-31-34-37-40-43-46-49-52-55-58-61-64-67-70-73-76-79-82-85-88-91-94-106-100(103)97-99(102(105)108-96-93-90-87-84-81-78-75-72-69-66-63-60-57-54-51-48-45-42-39-36-33-30-27-24-21-18-15-12-9-6-3)98-101(104)107-95-92-89-86-83-80-77-74-71-68-65-62-59-56-53-50-47-44-41-38-35-32-29-26-23-20-17-14-11-8-5-2/h1-3,97H,98H2/b99-97+. The average Bonchev–Trinajstić information content (AvgIpc) is 0.910. The summed E-state index contributed by atoms with van der Waals surface area (Å²) in [5.41, 5.74) is -0.607. The minimum Gasteiger partial charge on any atom is -0.371 e. The highest BCUT2D eigenvalue weighted by molar-refractivity contribution is 6.00. The van der Waals surface area contributed by atoms with Crippen molar-refractivity contribution >= 4 is 17.9 Å². The Balaban J connectivity index is 5.92. The number of hydrogen-bond donors (Lipinski definition) is 0. The van der Waals surface area contributed by atoms with E-state index in [0.29, 0.717) is 6.08 Å². The summed E-state index contributed by atoms with van der Waals surface area (Å²) in [6.45, 7) is 0. The molecule has 0 aliphatic carbocycles. The van der Waals surface area contributed by atoms with E-state index in [-0.39, 0.29) is 0 Å². The Morgan fingerprint density at radius 2 is 0.306 bits per heavy atom. The minimum atomic E-state index is -1.28. The van der Waals surface area contributed by atoms with Gasteiger partial charge in [-0.25, -0.2) is 9.59 Å².